The molecule has 28 heavy (non-hydrogen) atoms. The Labute approximate surface area is 166 Å². The summed E-state index contributed by atoms with van der Waals surface area (Å²) in [5.74, 6) is 0.0473. The van der Waals surface area contributed by atoms with Crippen molar-refractivity contribution in [3.05, 3.63) is 76.7 Å². The first-order valence-corrected chi connectivity index (χ1v) is 10.0. The molecular formula is C21H18N4O2S. The highest BCUT2D eigenvalue weighted by atomic mass is 32.1. The van der Waals surface area contributed by atoms with Crippen molar-refractivity contribution in [1.29, 1.82) is 0 Å². The van der Waals surface area contributed by atoms with Crippen LogP contribution < -0.4 is 0 Å². The number of fused-ring (bicyclic) bond motifs is 1. The Kier molecular flexibility index (Phi) is 4.38. The van der Waals surface area contributed by atoms with Gasteiger partial charge < -0.3 is 9.64 Å². The van der Waals surface area contributed by atoms with Crippen molar-refractivity contribution >= 4 is 22.8 Å². The number of rotatable bonds is 3. The van der Waals surface area contributed by atoms with Crippen molar-refractivity contribution in [3.63, 3.8) is 0 Å². The summed E-state index contributed by atoms with van der Waals surface area (Å²) in [6.45, 7) is 1.55. The number of aromatic nitrogens is 3. The van der Waals surface area contributed by atoms with Gasteiger partial charge in [0, 0.05) is 18.3 Å². The van der Waals surface area contributed by atoms with Crippen molar-refractivity contribution in [2.24, 2.45) is 0 Å². The molecular weight excluding hydrogens is 372 g/mol. The zero-order valence-corrected chi connectivity index (χ0v) is 15.9. The first-order chi connectivity index (χ1) is 13.8. The van der Waals surface area contributed by atoms with E-state index in [2.05, 4.69) is 28.5 Å². The van der Waals surface area contributed by atoms with Crippen LogP contribution in [-0.2, 0) is 4.74 Å². The quantitative estimate of drug-likeness (QED) is 0.536. The Bertz CT molecular complexity index is 1110. The van der Waals surface area contributed by atoms with Gasteiger partial charge in [0.2, 0.25) is 0 Å². The second kappa shape index (κ2) is 7.18. The Morgan fingerprint density at radius 3 is 2.79 bits per heavy atom. The zero-order chi connectivity index (χ0) is 18.9. The predicted molar refractivity (Wildman–Crippen MR) is 107 cm³/mol. The smallest absolute Gasteiger partial charge is 0.264 e. The summed E-state index contributed by atoms with van der Waals surface area (Å²) in [6.07, 6.45) is 1.69. The Hall–Kier alpha value is -3.03. The highest BCUT2D eigenvalue weighted by molar-refractivity contribution is 7.12. The number of thiophene rings is 1. The van der Waals surface area contributed by atoms with Gasteiger partial charge in [0.15, 0.2) is 0 Å². The van der Waals surface area contributed by atoms with E-state index >= 15 is 0 Å². The van der Waals surface area contributed by atoms with Gasteiger partial charge in [-0.25, -0.2) is 4.52 Å². The molecule has 1 aliphatic heterocycles. The van der Waals surface area contributed by atoms with Crippen LogP contribution in [0.25, 0.3) is 16.6 Å². The van der Waals surface area contributed by atoms with Gasteiger partial charge in [0.1, 0.15) is 11.8 Å². The maximum Gasteiger partial charge on any atom is 0.264 e. The summed E-state index contributed by atoms with van der Waals surface area (Å²) >= 11 is 1.46. The Morgan fingerprint density at radius 1 is 1.07 bits per heavy atom. The topological polar surface area (TPSA) is 59.7 Å². The molecule has 0 saturated carbocycles. The molecule has 140 valence electrons. The van der Waals surface area contributed by atoms with Crippen molar-refractivity contribution in [3.8, 4) is 11.1 Å². The van der Waals surface area contributed by atoms with Gasteiger partial charge in [-0.15, -0.1) is 16.4 Å². The van der Waals surface area contributed by atoms with Crippen molar-refractivity contribution in [1.82, 2.24) is 19.7 Å². The fraction of sp³-hybridized carbons (Fsp3) is 0.190. The zero-order valence-electron chi connectivity index (χ0n) is 15.1. The first-order valence-electron chi connectivity index (χ1n) is 9.14. The van der Waals surface area contributed by atoms with E-state index in [9.17, 15) is 4.79 Å². The lowest BCUT2D eigenvalue weighted by atomic mass is 10.1. The average molecular weight is 390 g/mol. The maximum atomic E-state index is 12.7. The van der Waals surface area contributed by atoms with Gasteiger partial charge in [-0.2, -0.15) is 0 Å². The monoisotopic (exact) mass is 390 g/mol. The van der Waals surface area contributed by atoms with E-state index in [1.165, 1.54) is 11.3 Å². The molecule has 0 bridgehead atoms. The molecule has 1 fully saturated rings. The van der Waals surface area contributed by atoms with Crippen LogP contribution in [0.3, 0.4) is 0 Å². The summed E-state index contributed by atoms with van der Waals surface area (Å²) in [7, 11) is 0. The largest absolute Gasteiger partial charge is 0.368 e. The fourth-order valence-electron chi connectivity index (χ4n) is 3.50. The molecule has 0 N–H and O–H groups in total. The van der Waals surface area contributed by atoms with E-state index in [4.69, 9.17) is 4.74 Å². The average Bonchev–Trinajstić information content (AvgIpc) is 3.43. The number of hydrogen-bond donors (Lipinski definition) is 0. The van der Waals surface area contributed by atoms with Crippen LogP contribution in [0.15, 0.2) is 66.2 Å². The molecule has 1 aliphatic rings. The number of amides is 1. The van der Waals surface area contributed by atoms with Crippen LogP contribution in [0.5, 0.6) is 0 Å². The number of pyridine rings is 1. The van der Waals surface area contributed by atoms with E-state index in [1.54, 1.807) is 4.52 Å². The normalized spacial score (nSPS) is 17.1. The van der Waals surface area contributed by atoms with Crippen molar-refractivity contribution < 1.29 is 9.53 Å². The molecule has 1 aromatic carbocycles. The maximum absolute atomic E-state index is 12.7. The highest BCUT2D eigenvalue weighted by Gasteiger charge is 2.29. The van der Waals surface area contributed by atoms with E-state index in [0.717, 1.165) is 27.2 Å². The lowest BCUT2D eigenvalue weighted by Gasteiger charge is -2.31. The third-order valence-electron chi connectivity index (χ3n) is 4.94. The molecule has 0 unspecified atom stereocenters. The second-order valence-corrected chi connectivity index (χ2v) is 7.62. The SMILES string of the molecule is O=C(c1cccs1)N1CCO[C@H](c2nnn3cc(-c4ccccc4)ccc23)C1. The lowest BCUT2D eigenvalue weighted by Crippen LogP contribution is -2.42. The van der Waals surface area contributed by atoms with Gasteiger partial charge in [-0.1, -0.05) is 47.7 Å². The van der Waals surface area contributed by atoms with Gasteiger partial charge in [0.25, 0.3) is 5.91 Å². The van der Waals surface area contributed by atoms with E-state index in [0.29, 0.717) is 19.7 Å². The summed E-state index contributed by atoms with van der Waals surface area (Å²) in [4.78, 5) is 15.3. The lowest BCUT2D eigenvalue weighted by molar-refractivity contribution is -0.0239. The van der Waals surface area contributed by atoms with Crippen LogP contribution in [0.2, 0.25) is 0 Å². The van der Waals surface area contributed by atoms with Gasteiger partial charge in [-0.05, 0) is 23.1 Å². The second-order valence-electron chi connectivity index (χ2n) is 6.68. The van der Waals surface area contributed by atoms with Crippen LogP contribution in [0.1, 0.15) is 21.5 Å². The van der Waals surface area contributed by atoms with E-state index in [1.807, 2.05) is 52.9 Å². The van der Waals surface area contributed by atoms with Crippen LogP contribution in [0.4, 0.5) is 0 Å². The summed E-state index contributed by atoms with van der Waals surface area (Å²) in [5.41, 5.74) is 3.87. The first kappa shape index (κ1) is 17.1. The third kappa shape index (κ3) is 3.08. The molecule has 6 nitrogen and oxygen atoms in total. The predicted octanol–water partition coefficient (Wildman–Crippen LogP) is 3.67. The number of hydrogen-bond acceptors (Lipinski definition) is 5. The number of nitrogens with zero attached hydrogens (tertiary/aromatic N) is 4. The highest BCUT2D eigenvalue weighted by Crippen LogP contribution is 2.27. The molecule has 0 radical (unpaired) electrons. The number of ether oxygens (including phenoxy) is 1. The summed E-state index contributed by atoms with van der Waals surface area (Å²) in [5, 5.41) is 10.6. The van der Waals surface area contributed by atoms with E-state index in [-0.39, 0.29) is 12.0 Å². The summed E-state index contributed by atoms with van der Waals surface area (Å²) < 4.78 is 7.72. The Balaban J connectivity index is 1.42. The molecule has 4 aromatic rings. The molecule has 7 heteroatoms. The van der Waals surface area contributed by atoms with Gasteiger partial charge >= 0.3 is 0 Å². The standard InChI is InChI=1S/C21H18N4O2S/c26-21(19-7-4-12-28-19)24-10-11-27-18(14-24)20-17-9-8-16(13-25(17)23-22-20)15-5-2-1-3-6-15/h1-9,12-13,18H,10-11,14H2/t18-/m0/s1. The molecule has 0 spiro atoms. The number of carbonyl (C=O) groups excluding carboxylic acids is 1. The molecule has 1 saturated heterocycles. The summed E-state index contributed by atoms with van der Waals surface area (Å²) in [6, 6.07) is 18.0. The van der Waals surface area contributed by atoms with Gasteiger partial charge in [-0.3, -0.25) is 4.79 Å². The van der Waals surface area contributed by atoms with Gasteiger partial charge in [0.05, 0.1) is 23.5 Å². The molecule has 3 aromatic heterocycles. The third-order valence-corrected chi connectivity index (χ3v) is 5.80. The molecule has 1 amide bonds. The molecule has 1 atom stereocenters. The molecule has 0 aliphatic carbocycles. The van der Waals surface area contributed by atoms with Crippen LogP contribution in [0, 0.1) is 0 Å². The minimum Gasteiger partial charge on any atom is -0.368 e. The minimum absolute atomic E-state index is 0.0473. The number of morpholine rings is 1. The number of carbonyl (C=O) groups is 1. The number of benzene rings is 1. The van der Waals surface area contributed by atoms with E-state index < -0.39 is 0 Å². The van der Waals surface area contributed by atoms with Crippen LogP contribution >= 0.6 is 11.3 Å². The van der Waals surface area contributed by atoms with Crippen molar-refractivity contribution in [2.45, 2.75) is 6.10 Å². The van der Waals surface area contributed by atoms with Crippen LogP contribution in [-0.4, -0.2) is 45.3 Å². The fourth-order valence-corrected chi connectivity index (χ4v) is 4.19. The molecule has 5 rings (SSSR count). The Morgan fingerprint density at radius 2 is 1.96 bits per heavy atom. The molecule has 4 heterocycles. The van der Waals surface area contributed by atoms with Crippen molar-refractivity contribution in [2.75, 3.05) is 19.7 Å². The minimum atomic E-state index is -0.280.